The Kier molecular flexibility index (Phi) is 4.87. The third kappa shape index (κ3) is 6.22. The fraction of sp³-hybridized carbons (Fsp3) is 0.538. The Morgan fingerprint density at radius 3 is 2.24 bits per heavy atom. The highest BCUT2D eigenvalue weighted by Gasteiger charge is 2.07. The first-order valence-electron chi connectivity index (χ1n) is 5.71. The molecule has 0 amide bonds. The van der Waals surface area contributed by atoms with E-state index in [4.69, 9.17) is 4.74 Å². The first kappa shape index (κ1) is 13.9. The number of hydrogen-bond donors (Lipinski definition) is 1. The lowest BCUT2D eigenvalue weighted by Crippen LogP contribution is -2.36. The summed E-state index contributed by atoms with van der Waals surface area (Å²) >= 11 is 0. The molecule has 0 saturated heterocycles. The van der Waals surface area contributed by atoms with Crippen molar-refractivity contribution in [3.63, 3.8) is 0 Å². The SMILES string of the molecule is CC(C)(C)NCCCOc1cc(F)cc(F)c1. The van der Waals surface area contributed by atoms with E-state index in [1.54, 1.807) is 0 Å². The van der Waals surface area contributed by atoms with E-state index in [1.165, 1.54) is 12.1 Å². The summed E-state index contributed by atoms with van der Waals surface area (Å²) in [5, 5.41) is 3.30. The summed E-state index contributed by atoms with van der Waals surface area (Å²) in [7, 11) is 0. The number of benzene rings is 1. The molecule has 4 heteroatoms. The minimum Gasteiger partial charge on any atom is -0.493 e. The molecule has 2 nitrogen and oxygen atoms in total. The molecule has 1 rings (SSSR count). The smallest absolute Gasteiger partial charge is 0.129 e. The maximum Gasteiger partial charge on any atom is 0.129 e. The largest absolute Gasteiger partial charge is 0.493 e. The zero-order valence-corrected chi connectivity index (χ0v) is 10.5. The molecular weight excluding hydrogens is 224 g/mol. The number of halogens is 2. The van der Waals surface area contributed by atoms with Crippen molar-refractivity contribution in [2.24, 2.45) is 0 Å². The molecule has 1 aromatic rings. The van der Waals surface area contributed by atoms with Crippen LogP contribution in [0.1, 0.15) is 27.2 Å². The Morgan fingerprint density at radius 1 is 1.12 bits per heavy atom. The Bertz CT molecular complexity index is 341. The van der Waals surface area contributed by atoms with Gasteiger partial charge in [-0.15, -0.1) is 0 Å². The van der Waals surface area contributed by atoms with Crippen LogP contribution in [0, 0.1) is 11.6 Å². The topological polar surface area (TPSA) is 21.3 Å². The second kappa shape index (κ2) is 5.96. The lowest BCUT2D eigenvalue weighted by Gasteiger charge is -2.20. The standard InChI is InChI=1S/C13H19F2NO/c1-13(2,3)16-5-4-6-17-12-8-10(14)7-11(15)9-12/h7-9,16H,4-6H2,1-3H3. The zero-order valence-electron chi connectivity index (χ0n) is 10.5. The number of nitrogens with one attached hydrogen (secondary N) is 1. The van der Waals surface area contributed by atoms with Gasteiger partial charge in [-0.1, -0.05) is 0 Å². The molecule has 0 aliphatic carbocycles. The molecule has 0 unspecified atom stereocenters. The second-order valence-corrected chi connectivity index (χ2v) is 4.98. The van der Waals surface area contributed by atoms with Gasteiger partial charge in [0.1, 0.15) is 17.4 Å². The van der Waals surface area contributed by atoms with Crippen LogP contribution in [0.25, 0.3) is 0 Å². The van der Waals surface area contributed by atoms with E-state index < -0.39 is 11.6 Å². The molecule has 17 heavy (non-hydrogen) atoms. The van der Waals surface area contributed by atoms with Crippen molar-refractivity contribution in [2.75, 3.05) is 13.2 Å². The minimum atomic E-state index is -0.618. The fourth-order valence-corrected chi connectivity index (χ4v) is 1.34. The second-order valence-electron chi connectivity index (χ2n) is 4.98. The van der Waals surface area contributed by atoms with Crippen LogP contribution in [-0.2, 0) is 0 Å². The predicted molar refractivity (Wildman–Crippen MR) is 64.2 cm³/mol. The van der Waals surface area contributed by atoms with Gasteiger partial charge in [0.05, 0.1) is 6.61 Å². The predicted octanol–water partition coefficient (Wildman–Crippen LogP) is 3.12. The van der Waals surface area contributed by atoms with E-state index in [2.05, 4.69) is 26.1 Å². The summed E-state index contributed by atoms with van der Waals surface area (Å²) in [6, 6.07) is 3.19. The first-order chi connectivity index (χ1) is 7.87. The van der Waals surface area contributed by atoms with Crippen LogP contribution in [0.5, 0.6) is 5.75 Å². The normalized spacial score (nSPS) is 11.6. The average Bonchev–Trinajstić information content (AvgIpc) is 2.13. The van der Waals surface area contributed by atoms with Gasteiger partial charge in [0, 0.05) is 23.7 Å². The molecule has 0 spiro atoms. The van der Waals surface area contributed by atoms with E-state index in [9.17, 15) is 8.78 Å². The van der Waals surface area contributed by atoms with Crippen molar-refractivity contribution in [2.45, 2.75) is 32.7 Å². The molecule has 0 fully saturated rings. The Balaban J connectivity index is 2.27. The van der Waals surface area contributed by atoms with Crippen LogP contribution in [0.3, 0.4) is 0 Å². The molecule has 0 saturated carbocycles. The van der Waals surface area contributed by atoms with Crippen molar-refractivity contribution in [3.8, 4) is 5.75 Å². The molecule has 0 aliphatic heterocycles. The van der Waals surface area contributed by atoms with Gasteiger partial charge in [-0.05, 0) is 33.7 Å². The van der Waals surface area contributed by atoms with Crippen LogP contribution in [0.4, 0.5) is 8.78 Å². The summed E-state index contributed by atoms with van der Waals surface area (Å²) in [5.74, 6) is -1.00. The maximum atomic E-state index is 12.8. The molecule has 1 N–H and O–H groups in total. The molecule has 0 aromatic heterocycles. The molecule has 0 atom stereocenters. The third-order valence-corrected chi connectivity index (χ3v) is 2.08. The number of rotatable bonds is 5. The Labute approximate surface area is 101 Å². The first-order valence-corrected chi connectivity index (χ1v) is 5.71. The van der Waals surface area contributed by atoms with Crippen LogP contribution in [-0.4, -0.2) is 18.7 Å². The molecule has 0 heterocycles. The van der Waals surface area contributed by atoms with Gasteiger partial charge in [0.2, 0.25) is 0 Å². The van der Waals surface area contributed by atoms with Crippen LogP contribution < -0.4 is 10.1 Å². The van der Waals surface area contributed by atoms with Crippen molar-refractivity contribution in [1.82, 2.24) is 5.32 Å². The molecular formula is C13H19F2NO. The van der Waals surface area contributed by atoms with Crippen molar-refractivity contribution < 1.29 is 13.5 Å². The highest BCUT2D eigenvalue weighted by atomic mass is 19.1. The van der Waals surface area contributed by atoms with Gasteiger partial charge in [-0.25, -0.2) is 8.78 Å². The molecule has 96 valence electrons. The highest BCUT2D eigenvalue weighted by Crippen LogP contribution is 2.15. The lowest BCUT2D eigenvalue weighted by atomic mass is 10.1. The molecule has 0 bridgehead atoms. The molecule has 1 aromatic carbocycles. The van der Waals surface area contributed by atoms with Crippen molar-refractivity contribution >= 4 is 0 Å². The Hall–Kier alpha value is -1.16. The van der Waals surface area contributed by atoms with Gasteiger partial charge in [0.25, 0.3) is 0 Å². The van der Waals surface area contributed by atoms with Gasteiger partial charge < -0.3 is 10.1 Å². The Morgan fingerprint density at radius 2 is 1.71 bits per heavy atom. The fourth-order valence-electron chi connectivity index (χ4n) is 1.34. The highest BCUT2D eigenvalue weighted by molar-refractivity contribution is 5.23. The van der Waals surface area contributed by atoms with Crippen LogP contribution in [0.15, 0.2) is 18.2 Å². The van der Waals surface area contributed by atoms with Gasteiger partial charge >= 0.3 is 0 Å². The summed E-state index contributed by atoms with van der Waals surface area (Å²) in [4.78, 5) is 0. The summed E-state index contributed by atoms with van der Waals surface area (Å²) in [6.07, 6.45) is 0.787. The van der Waals surface area contributed by atoms with E-state index in [0.29, 0.717) is 6.61 Å². The van der Waals surface area contributed by atoms with E-state index in [0.717, 1.165) is 19.0 Å². The monoisotopic (exact) mass is 243 g/mol. The van der Waals surface area contributed by atoms with Crippen LogP contribution >= 0.6 is 0 Å². The third-order valence-electron chi connectivity index (χ3n) is 2.08. The maximum absolute atomic E-state index is 12.8. The molecule has 0 aliphatic rings. The average molecular weight is 243 g/mol. The number of hydrogen-bond acceptors (Lipinski definition) is 2. The quantitative estimate of drug-likeness (QED) is 0.802. The summed E-state index contributed by atoms with van der Waals surface area (Å²) in [5.41, 5.74) is 0.0744. The van der Waals surface area contributed by atoms with Gasteiger partial charge in [-0.3, -0.25) is 0 Å². The van der Waals surface area contributed by atoms with Crippen LogP contribution in [0.2, 0.25) is 0 Å². The summed E-state index contributed by atoms with van der Waals surface area (Å²) < 4.78 is 30.9. The van der Waals surface area contributed by atoms with Gasteiger partial charge in [-0.2, -0.15) is 0 Å². The lowest BCUT2D eigenvalue weighted by molar-refractivity contribution is 0.295. The number of ether oxygens (including phenoxy) is 1. The molecule has 0 radical (unpaired) electrons. The summed E-state index contributed by atoms with van der Waals surface area (Å²) in [6.45, 7) is 7.48. The van der Waals surface area contributed by atoms with E-state index >= 15 is 0 Å². The van der Waals surface area contributed by atoms with E-state index in [1.807, 2.05) is 0 Å². The van der Waals surface area contributed by atoms with E-state index in [-0.39, 0.29) is 11.3 Å². The van der Waals surface area contributed by atoms with Crippen molar-refractivity contribution in [3.05, 3.63) is 29.8 Å². The van der Waals surface area contributed by atoms with Crippen molar-refractivity contribution in [1.29, 1.82) is 0 Å². The van der Waals surface area contributed by atoms with Gasteiger partial charge in [0.15, 0.2) is 0 Å². The zero-order chi connectivity index (χ0) is 12.9. The minimum absolute atomic E-state index is 0.0744.